The van der Waals surface area contributed by atoms with E-state index < -0.39 is 0 Å². The van der Waals surface area contributed by atoms with Crippen LogP contribution in [0.15, 0.2) is 60.8 Å². The van der Waals surface area contributed by atoms with Gasteiger partial charge in [0.2, 0.25) is 5.91 Å². The molecule has 0 bridgehead atoms. The van der Waals surface area contributed by atoms with Gasteiger partial charge in [-0.05, 0) is 73.2 Å². The van der Waals surface area contributed by atoms with Crippen LogP contribution in [0.2, 0.25) is 10.0 Å². The summed E-state index contributed by atoms with van der Waals surface area (Å²) in [5.41, 5.74) is 2.51. The minimum atomic E-state index is -0.0808. The second kappa shape index (κ2) is 10.8. The molecule has 2 saturated heterocycles. The van der Waals surface area contributed by atoms with Crippen LogP contribution >= 0.6 is 23.2 Å². The summed E-state index contributed by atoms with van der Waals surface area (Å²) in [5, 5.41) is 12.0. The van der Waals surface area contributed by atoms with Crippen LogP contribution in [0.25, 0.3) is 0 Å². The number of hydrogen-bond donors (Lipinski definition) is 1. The highest BCUT2D eigenvalue weighted by Crippen LogP contribution is 2.31. The van der Waals surface area contributed by atoms with Crippen molar-refractivity contribution >= 4 is 46.5 Å². The van der Waals surface area contributed by atoms with Gasteiger partial charge < -0.3 is 15.1 Å². The number of nitrogens with zero attached hydrogens (tertiary/aromatic N) is 4. The molecule has 0 radical (unpaired) electrons. The third-order valence-corrected chi connectivity index (χ3v) is 7.58. The standard InChI is InChI=1S/C27H27Cl2N5O2/c28-21-5-8-23(24(29)16-21)27(36)33-13-9-19(10-14-33)18-3-6-22(7-4-18)31-26(35)20-11-15-34(17-20)25-2-1-12-30-32-25/h1-8,12,16,19-20H,9-11,13-15,17H2,(H,31,35). The smallest absolute Gasteiger partial charge is 0.255 e. The first kappa shape index (κ1) is 24.5. The monoisotopic (exact) mass is 523 g/mol. The number of likely N-dealkylation sites (tertiary alicyclic amines) is 1. The lowest BCUT2D eigenvalue weighted by molar-refractivity contribution is -0.119. The third-order valence-electron chi connectivity index (χ3n) is 7.03. The largest absolute Gasteiger partial charge is 0.354 e. The maximum Gasteiger partial charge on any atom is 0.255 e. The van der Waals surface area contributed by atoms with Gasteiger partial charge in [0.1, 0.15) is 0 Å². The summed E-state index contributed by atoms with van der Waals surface area (Å²) in [4.78, 5) is 29.6. The molecule has 1 atom stereocenters. The van der Waals surface area contributed by atoms with Gasteiger partial charge in [0.25, 0.3) is 5.91 Å². The van der Waals surface area contributed by atoms with Crippen molar-refractivity contribution in [1.82, 2.24) is 15.1 Å². The van der Waals surface area contributed by atoms with Crippen molar-refractivity contribution in [3.63, 3.8) is 0 Å². The fourth-order valence-electron chi connectivity index (χ4n) is 4.98. The first-order valence-corrected chi connectivity index (χ1v) is 12.9. The van der Waals surface area contributed by atoms with Crippen LogP contribution in [0.1, 0.15) is 41.1 Å². The maximum atomic E-state index is 12.9. The molecule has 2 aliphatic rings. The van der Waals surface area contributed by atoms with Gasteiger partial charge in [-0.25, -0.2) is 0 Å². The lowest BCUT2D eigenvalue weighted by atomic mass is 9.89. The molecule has 0 saturated carbocycles. The Labute approximate surface area is 220 Å². The normalized spacial score (nSPS) is 18.3. The van der Waals surface area contributed by atoms with Crippen molar-refractivity contribution in [3.8, 4) is 0 Å². The molecule has 0 aliphatic carbocycles. The number of carbonyl (C=O) groups excluding carboxylic acids is 2. The number of benzene rings is 2. The van der Waals surface area contributed by atoms with Gasteiger partial charge in [-0.3, -0.25) is 9.59 Å². The Morgan fingerprint density at radius 2 is 1.72 bits per heavy atom. The molecular formula is C27H27Cl2N5O2. The van der Waals surface area contributed by atoms with Gasteiger partial charge in [-0.1, -0.05) is 35.3 Å². The zero-order chi connectivity index (χ0) is 25.1. The van der Waals surface area contributed by atoms with E-state index in [1.54, 1.807) is 24.4 Å². The number of nitrogens with one attached hydrogen (secondary N) is 1. The molecule has 0 spiro atoms. The Morgan fingerprint density at radius 1 is 0.944 bits per heavy atom. The molecule has 5 rings (SSSR count). The molecule has 2 amide bonds. The quantitative estimate of drug-likeness (QED) is 0.492. The zero-order valence-electron chi connectivity index (χ0n) is 19.7. The average molecular weight is 524 g/mol. The Morgan fingerprint density at radius 3 is 2.42 bits per heavy atom. The Kier molecular flexibility index (Phi) is 7.39. The first-order chi connectivity index (χ1) is 17.5. The van der Waals surface area contributed by atoms with Crippen molar-refractivity contribution in [2.75, 3.05) is 36.4 Å². The highest BCUT2D eigenvalue weighted by atomic mass is 35.5. The van der Waals surface area contributed by atoms with E-state index in [9.17, 15) is 9.59 Å². The Balaban J connectivity index is 1.13. The number of carbonyl (C=O) groups is 2. The lowest BCUT2D eigenvalue weighted by Crippen LogP contribution is -2.38. The van der Waals surface area contributed by atoms with E-state index in [1.807, 2.05) is 29.2 Å². The predicted molar refractivity (Wildman–Crippen MR) is 142 cm³/mol. The molecular weight excluding hydrogens is 497 g/mol. The molecule has 2 aromatic carbocycles. The fourth-order valence-corrected chi connectivity index (χ4v) is 5.47. The SMILES string of the molecule is O=C(Nc1ccc(C2CCN(C(=O)c3ccc(Cl)cc3Cl)CC2)cc1)C1CCN(c2cccnn2)C1. The number of anilines is 2. The Bertz CT molecular complexity index is 1230. The minimum absolute atomic E-state index is 0.0295. The molecule has 3 heterocycles. The van der Waals surface area contributed by atoms with Crippen LogP contribution in [0.5, 0.6) is 0 Å². The molecule has 186 valence electrons. The van der Waals surface area contributed by atoms with E-state index in [-0.39, 0.29) is 17.7 Å². The van der Waals surface area contributed by atoms with Gasteiger partial charge in [-0.15, -0.1) is 5.10 Å². The van der Waals surface area contributed by atoms with Crippen molar-refractivity contribution in [2.24, 2.45) is 5.92 Å². The maximum absolute atomic E-state index is 12.9. The molecule has 2 fully saturated rings. The average Bonchev–Trinajstić information content (AvgIpc) is 3.40. The van der Waals surface area contributed by atoms with Gasteiger partial charge >= 0.3 is 0 Å². The molecule has 1 N–H and O–H groups in total. The van der Waals surface area contributed by atoms with E-state index in [4.69, 9.17) is 23.2 Å². The number of aromatic nitrogens is 2. The van der Waals surface area contributed by atoms with Crippen LogP contribution in [0.3, 0.4) is 0 Å². The van der Waals surface area contributed by atoms with Gasteiger partial charge in [0.05, 0.1) is 16.5 Å². The van der Waals surface area contributed by atoms with Crippen LogP contribution < -0.4 is 10.2 Å². The van der Waals surface area contributed by atoms with Gasteiger partial charge in [-0.2, -0.15) is 5.10 Å². The highest BCUT2D eigenvalue weighted by molar-refractivity contribution is 6.36. The summed E-state index contributed by atoms with van der Waals surface area (Å²) in [6.45, 7) is 2.78. The van der Waals surface area contributed by atoms with Gasteiger partial charge in [0, 0.05) is 43.1 Å². The van der Waals surface area contributed by atoms with E-state index >= 15 is 0 Å². The first-order valence-electron chi connectivity index (χ1n) is 12.2. The van der Waals surface area contributed by atoms with E-state index in [2.05, 4.69) is 32.5 Å². The Hall–Kier alpha value is -3.16. The number of piperidine rings is 1. The molecule has 9 heteroatoms. The predicted octanol–water partition coefficient (Wildman–Crippen LogP) is 5.27. The molecule has 1 aromatic heterocycles. The number of rotatable bonds is 5. The molecule has 7 nitrogen and oxygen atoms in total. The van der Waals surface area contributed by atoms with Gasteiger partial charge in [0.15, 0.2) is 5.82 Å². The van der Waals surface area contributed by atoms with Crippen molar-refractivity contribution in [1.29, 1.82) is 0 Å². The highest BCUT2D eigenvalue weighted by Gasteiger charge is 2.29. The van der Waals surface area contributed by atoms with E-state index in [0.717, 1.165) is 37.3 Å². The summed E-state index contributed by atoms with van der Waals surface area (Å²) in [6.07, 6.45) is 4.19. The summed E-state index contributed by atoms with van der Waals surface area (Å²) >= 11 is 12.2. The van der Waals surface area contributed by atoms with Crippen LogP contribution in [0, 0.1) is 5.92 Å². The number of amides is 2. The van der Waals surface area contributed by atoms with Crippen LogP contribution in [-0.4, -0.2) is 53.1 Å². The molecule has 2 aliphatic heterocycles. The topological polar surface area (TPSA) is 78.4 Å². The third kappa shape index (κ3) is 5.47. The molecule has 1 unspecified atom stereocenters. The second-order valence-electron chi connectivity index (χ2n) is 9.32. The minimum Gasteiger partial charge on any atom is -0.354 e. The molecule has 3 aromatic rings. The van der Waals surface area contributed by atoms with E-state index in [0.29, 0.717) is 41.2 Å². The zero-order valence-corrected chi connectivity index (χ0v) is 21.3. The van der Waals surface area contributed by atoms with Crippen molar-refractivity contribution in [3.05, 3.63) is 82.0 Å². The number of halogens is 2. The van der Waals surface area contributed by atoms with Crippen LogP contribution in [0.4, 0.5) is 11.5 Å². The van der Waals surface area contributed by atoms with Crippen molar-refractivity contribution in [2.45, 2.75) is 25.2 Å². The molecule has 36 heavy (non-hydrogen) atoms. The number of hydrogen-bond acceptors (Lipinski definition) is 5. The second-order valence-corrected chi connectivity index (χ2v) is 10.2. The summed E-state index contributed by atoms with van der Waals surface area (Å²) in [7, 11) is 0. The lowest BCUT2D eigenvalue weighted by Gasteiger charge is -2.32. The fraction of sp³-hybridized carbons (Fsp3) is 0.333. The summed E-state index contributed by atoms with van der Waals surface area (Å²) < 4.78 is 0. The summed E-state index contributed by atoms with van der Waals surface area (Å²) in [6, 6.07) is 16.8. The van der Waals surface area contributed by atoms with Crippen LogP contribution in [-0.2, 0) is 4.79 Å². The van der Waals surface area contributed by atoms with Crippen molar-refractivity contribution < 1.29 is 9.59 Å². The summed E-state index contributed by atoms with van der Waals surface area (Å²) in [5.74, 6) is 1.07. The van der Waals surface area contributed by atoms with E-state index in [1.165, 1.54) is 5.56 Å².